The van der Waals surface area contributed by atoms with E-state index < -0.39 is 18.1 Å². The Balaban J connectivity index is 2.83. The van der Waals surface area contributed by atoms with Gasteiger partial charge in [0.15, 0.2) is 0 Å². The molecule has 0 bridgehead atoms. The minimum absolute atomic E-state index is 0.0233. The summed E-state index contributed by atoms with van der Waals surface area (Å²) in [6, 6.07) is 14.9. The molecule has 0 aromatic heterocycles. The Hall–Kier alpha value is -2.18. The van der Waals surface area contributed by atoms with E-state index in [1.54, 1.807) is 12.1 Å². The van der Waals surface area contributed by atoms with Crippen LogP contribution in [0.5, 0.6) is 0 Å². The molecule has 2 aromatic carbocycles. The molecule has 34 heavy (non-hydrogen) atoms. The Bertz CT molecular complexity index is 1080. The molecule has 1 unspecified atom stereocenters. The topological polar surface area (TPSA) is 58.5 Å². The van der Waals surface area contributed by atoms with Gasteiger partial charge in [-0.25, -0.2) is 0 Å². The van der Waals surface area contributed by atoms with Gasteiger partial charge in [0.25, 0.3) is 10.0 Å². The van der Waals surface area contributed by atoms with Crippen LogP contribution in [-0.2, 0) is 10.0 Å². The molecule has 186 valence electrons. The van der Waals surface area contributed by atoms with Gasteiger partial charge in [-0.15, -0.1) is 11.0 Å². The number of nitrogens with one attached hydrogen (secondary N) is 1. The first-order valence-corrected chi connectivity index (χ1v) is 16.0. The number of allylic oxidation sites excluding steroid dienone is 1. The van der Waals surface area contributed by atoms with E-state index in [9.17, 15) is 8.42 Å². The van der Waals surface area contributed by atoms with E-state index in [-0.39, 0.29) is 10.4 Å². The average molecular weight is 499 g/mol. The molecule has 0 aliphatic carbocycles. The van der Waals surface area contributed by atoms with Crippen molar-refractivity contribution in [2.75, 3.05) is 5.32 Å². The number of nitrogens with zero attached hydrogens (tertiary/aromatic N) is 1. The van der Waals surface area contributed by atoms with Gasteiger partial charge in [0.1, 0.15) is 5.84 Å². The number of hydrogen-bond donors (Lipinski definition) is 1. The third-order valence-electron chi connectivity index (χ3n) is 7.28. The van der Waals surface area contributed by atoms with Gasteiger partial charge in [0.05, 0.1) is 13.0 Å². The van der Waals surface area contributed by atoms with Crippen molar-refractivity contribution in [3.8, 4) is 0 Å². The molecule has 2 aromatic rings. The van der Waals surface area contributed by atoms with Crippen molar-refractivity contribution in [2.24, 2.45) is 4.40 Å². The third kappa shape index (κ3) is 5.89. The molecule has 6 heteroatoms. The predicted molar refractivity (Wildman–Crippen MR) is 150 cm³/mol. The number of sulfonamides is 1. The molecule has 1 atom stereocenters. The minimum Gasteiger partial charge on any atom is -0.343 e. The first kappa shape index (κ1) is 28.1. The van der Waals surface area contributed by atoms with E-state index in [1.807, 2.05) is 56.3 Å². The Kier molecular flexibility index (Phi) is 9.49. The fraction of sp³-hybridized carbons (Fsp3) is 0.464. The van der Waals surface area contributed by atoms with Crippen LogP contribution in [0.2, 0.25) is 22.2 Å². The summed E-state index contributed by atoms with van der Waals surface area (Å²) < 4.78 is 31.6. The number of para-hydroxylation sites is 1. The lowest BCUT2D eigenvalue weighted by Crippen LogP contribution is -2.52. The van der Waals surface area contributed by atoms with Crippen molar-refractivity contribution in [3.05, 3.63) is 72.3 Å². The van der Waals surface area contributed by atoms with Crippen molar-refractivity contribution in [1.29, 1.82) is 0 Å². The van der Waals surface area contributed by atoms with Crippen LogP contribution in [-0.4, -0.2) is 22.3 Å². The van der Waals surface area contributed by atoms with Crippen molar-refractivity contribution < 1.29 is 8.42 Å². The zero-order valence-electron chi connectivity index (χ0n) is 22.1. The first-order chi connectivity index (χ1) is 15.9. The Morgan fingerprint density at radius 3 is 1.94 bits per heavy atom. The lowest BCUT2D eigenvalue weighted by atomic mass is 10.2. The maximum atomic E-state index is 13.5. The maximum absolute atomic E-state index is 13.5. The Labute approximate surface area is 208 Å². The summed E-state index contributed by atoms with van der Waals surface area (Å²) in [5.74, 6) is 0.539. The van der Waals surface area contributed by atoms with Crippen LogP contribution in [0.25, 0.3) is 0 Å². The number of hydrogen-bond acceptors (Lipinski definition) is 2. The number of rotatable bonds is 10. The quantitative estimate of drug-likeness (QED) is 0.156. The lowest BCUT2D eigenvalue weighted by molar-refractivity contribution is 0.597. The standard InChI is InChI=1S/C28H42N2O2SSi/c1-10-13-27(34(20(2)3,21(4)5)22(6)7)28(29-26-15-12-11-14-24(26)9)30-33(31,32)25-18-16-23(8)17-19-25/h10-12,14-22,27H,1,13H2,2-9H3,(H,29,30). The van der Waals surface area contributed by atoms with Gasteiger partial charge in [0.2, 0.25) is 0 Å². The lowest BCUT2D eigenvalue weighted by Gasteiger charge is -2.49. The molecule has 0 saturated heterocycles. The van der Waals surface area contributed by atoms with Gasteiger partial charge in [-0.1, -0.05) is 83.5 Å². The highest BCUT2D eigenvalue weighted by Crippen LogP contribution is 2.51. The van der Waals surface area contributed by atoms with Crippen LogP contribution in [0, 0.1) is 13.8 Å². The van der Waals surface area contributed by atoms with Crippen LogP contribution in [0.15, 0.2) is 70.5 Å². The van der Waals surface area contributed by atoms with Crippen molar-refractivity contribution in [1.82, 2.24) is 0 Å². The zero-order chi connectivity index (χ0) is 25.7. The van der Waals surface area contributed by atoms with Crippen LogP contribution < -0.4 is 5.32 Å². The number of anilines is 1. The normalized spacial score (nSPS) is 14.0. The average Bonchev–Trinajstić information content (AvgIpc) is 2.74. The molecular formula is C28H42N2O2SSi. The summed E-state index contributed by atoms with van der Waals surface area (Å²) in [6.07, 6.45) is 2.61. The highest BCUT2D eigenvalue weighted by Gasteiger charge is 2.50. The molecule has 0 fully saturated rings. The van der Waals surface area contributed by atoms with Gasteiger partial charge in [0, 0.05) is 11.2 Å². The summed E-state index contributed by atoms with van der Waals surface area (Å²) in [5, 5.41) is 3.50. The summed E-state index contributed by atoms with van der Waals surface area (Å²) in [7, 11) is -6.05. The van der Waals surface area contributed by atoms with E-state index in [2.05, 4.69) is 57.8 Å². The van der Waals surface area contributed by atoms with Crippen LogP contribution in [0.1, 0.15) is 59.1 Å². The second-order valence-corrected chi connectivity index (χ2v) is 18.0. The van der Waals surface area contributed by atoms with E-state index >= 15 is 0 Å². The summed E-state index contributed by atoms with van der Waals surface area (Å²) in [6.45, 7) is 21.8. The molecule has 4 nitrogen and oxygen atoms in total. The smallest absolute Gasteiger partial charge is 0.283 e. The second kappa shape index (κ2) is 11.5. The van der Waals surface area contributed by atoms with E-state index in [0.29, 0.717) is 28.9 Å². The van der Waals surface area contributed by atoms with E-state index in [1.165, 1.54) is 0 Å². The first-order valence-electron chi connectivity index (χ1n) is 12.2. The van der Waals surface area contributed by atoms with Gasteiger partial charge in [-0.2, -0.15) is 8.42 Å². The van der Waals surface area contributed by atoms with Crippen LogP contribution in [0.4, 0.5) is 5.69 Å². The molecule has 0 heterocycles. The Morgan fingerprint density at radius 1 is 0.941 bits per heavy atom. The second-order valence-electron chi connectivity index (χ2n) is 10.2. The Morgan fingerprint density at radius 2 is 1.47 bits per heavy atom. The van der Waals surface area contributed by atoms with Gasteiger partial charge < -0.3 is 5.32 Å². The molecule has 0 saturated carbocycles. The molecule has 0 aliphatic heterocycles. The van der Waals surface area contributed by atoms with Crippen LogP contribution >= 0.6 is 0 Å². The molecular weight excluding hydrogens is 456 g/mol. The highest BCUT2D eigenvalue weighted by atomic mass is 32.2. The largest absolute Gasteiger partial charge is 0.343 e. The molecule has 0 spiro atoms. The fourth-order valence-corrected chi connectivity index (χ4v) is 14.6. The molecule has 1 N–H and O–H groups in total. The zero-order valence-corrected chi connectivity index (χ0v) is 23.9. The molecule has 0 aliphatic rings. The summed E-state index contributed by atoms with van der Waals surface area (Å²) in [5.41, 5.74) is 4.22. The van der Waals surface area contributed by atoms with Crippen LogP contribution in [0.3, 0.4) is 0 Å². The maximum Gasteiger partial charge on any atom is 0.283 e. The van der Waals surface area contributed by atoms with Gasteiger partial charge in [-0.3, -0.25) is 0 Å². The monoisotopic (exact) mass is 498 g/mol. The third-order valence-corrected chi connectivity index (χ3v) is 16.3. The number of benzene rings is 2. The van der Waals surface area contributed by atoms with Gasteiger partial charge in [-0.05, 0) is 60.7 Å². The molecule has 0 radical (unpaired) electrons. The minimum atomic E-state index is -3.90. The highest BCUT2D eigenvalue weighted by molar-refractivity contribution is 7.90. The fourth-order valence-electron chi connectivity index (χ4n) is 5.84. The predicted octanol–water partition coefficient (Wildman–Crippen LogP) is 8.13. The van der Waals surface area contributed by atoms with Crippen molar-refractivity contribution in [3.63, 3.8) is 0 Å². The SMILES string of the molecule is C=CCC(/C(=N/S(=O)(=O)c1ccc(C)cc1)Nc1ccccc1C)[Si](C(C)C)(C(C)C)C(C)C. The number of amidine groups is 1. The summed E-state index contributed by atoms with van der Waals surface area (Å²) in [4.78, 5) is 0.213. The van der Waals surface area contributed by atoms with E-state index in [4.69, 9.17) is 0 Å². The summed E-state index contributed by atoms with van der Waals surface area (Å²) >= 11 is 0. The van der Waals surface area contributed by atoms with Crippen molar-refractivity contribution in [2.45, 2.75) is 88.9 Å². The van der Waals surface area contributed by atoms with Crippen molar-refractivity contribution >= 4 is 29.6 Å². The molecule has 2 rings (SSSR count). The number of aryl methyl sites for hydroxylation is 2. The van der Waals surface area contributed by atoms with E-state index in [0.717, 1.165) is 16.8 Å². The molecule has 0 amide bonds. The van der Waals surface area contributed by atoms with Gasteiger partial charge >= 0.3 is 0 Å².